The number of hydrogen-bond acceptors (Lipinski definition) is 4. The van der Waals surface area contributed by atoms with E-state index < -0.39 is 17.9 Å². The van der Waals surface area contributed by atoms with E-state index >= 15 is 0 Å². The summed E-state index contributed by atoms with van der Waals surface area (Å²) in [6.07, 6.45) is 1.74. The summed E-state index contributed by atoms with van der Waals surface area (Å²) in [5.74, 6) is -1.63. The maximum absolute atomic E-state index is 12.0. The van der Waals surface area contributed by atoms with Crippen LogP contribution < -0.4 is 0 Å². The van der Waals surface area contributed by atoms with Crippen LogP contribution in [0.25, 0.3) is 6.08 Å². The molecule has 0 saturated carbocycles. The molecule has 0 spiro atoms. The van der Waals surface area contributed by atoms with Crippen molar-refractivity contribution in [2.45, 2.75) is 26.7 Å². The van der Waals surface area contributed by atoms with E-state index in [0.717, 1.165) is 27.8 Å². The van der Waals surface area contributed by atoms with Crippen LogP contribution in [0.3, 0.4) is 0 Å². The van der Waals surface area contributed by atoms with Crippen molar-refractivity contribution in [3.05, 3.63) is 39.5 Å². The lowest BCUT2D eigenvalue weighted by molar-refractivity contribution is -0.144. The Morgan fingerprint density at radius 2 is 1.70 bits per heavy atom. The molecule has 1 aromatic carbocycles. The minimum absolute atomic E-state index is 0.336. The first-order chi connectivity index (χ1) is 9.42. The van der Waals surface area contributed by atoms with Crippen molar-refractivity contribution in [1.29, 1.82) is 0 Å². The van der Waals surface area contributed by atoms with Crippen LogP contribution in [0, 0.1) is 20.8 Å². The van der Waals surface area contributed by atoms with E-state index in [1.165, 1.54) is 14.2 Å². The van der Waals surface area contributed by atoms with E-state index in [-0.39, 0.29) is 0 Å². The summed E-state index contributed by atoms with van der Waals surface area (Å²) >= 11 is 0. The van der Waals surface area contributed by atoms with E-state index in [1.54, 1.807) is 6.08 Å². The van der Waals surface area contributed by atoms with Crippen LogP contribution in [-0.4, -0.2) is 26.2 Å². The molecule has 0 bridgehead atoms. The summed E-state index contributed by atoms with van der Waals surface area (Å²) in [5.41, 5.74) is 5.40. The van der Waals surface area contributed by atoms with E-state index in [9.17, 15) is 9.59 Å². The molecule has 0 aromatic heterocycles. The Kier molecular flexibility index (Phi) is 3.66. The number of carbonyl (C=O) groups excluding carboxylic acids is 2. The zero-order valence-electron chi connectivity index (χ0n) is 12.4. The molecule has 2 rings (SSSR count). The van der Waals surface area contributed by atoms with Gasteiger partial charge < -0.3 is 9.47 Å². The molecule has 1 aromatic rings. The molecule has 0 saturated heterocycles. The normalized spacial score (nSPS) is 16.4. The topological polar surface area (TPSA) is 52.6 Å². The molecular formula is C16H18O4. The fourth-order valence-corrected chi connectivity index (χ4v) is 2.64. The fourth-order valence-electron chi connectivity index (χ4n) is 2.64. The van der Waals surface area contributed by atoms with E-state index in [1.807, 2.05) is 26.8 Å². The Balaban J connectivity index is 2.67. The van der Waals surface area contributed by atoms with Gasteiger partial charge in [0.15, 0.2) is 0 Å². The molecular weight excluding hydrogens is 256 g/mol. The largest absolute Gasteiger partial charge is 0.468 e. The SMILES string of the molecule is COC(=O)C1=Cc2c(cc(C)c(C)c2C)C1C(=O)OC. The average Bonchev–Trinajstić information content (AvgIpc) is 2.82. The minimum atomic E-state index is -0.694. The Labute approximate surface area is 118 Å². The Morgan fingerprint density at radius 3 is 2.25 bits per heavy atom. The smallest absolute Gasteiger partial charge is 0.334 e. The maximum Gasteiger partial charge on any atom is 0.334 e. The van der Waals surface area contributed by atoms with Crippen molar-refractivity contribution in [1.82, 2.24) is 0 Å². The van der Waals surface area contributed by atoms with E-state index in [2.05, 4.69) is 0 Å². The molecule has 0 aliphatic heterocycles. The third kappa shape index (κ3) is 2.01. The van der Waals surface area contributed by atoms with Crippen molar-refractivity contribution in [2.75, 3.05) is 14.2 Å². The van der Waals surface area contributed by atoms with Gasteiger partial charge in [-0.3, -0.25) is 4.79 Å². The summed E-state index contributed by atoms with van der Waals surface area (Å²) < 4.78 is 9.61. The molecule has 0 radical (unpaired) electrons. The lowest BCUT2D eigenvalue weighted by atomic mass is 9.90. The quantitative estimate of drug-likeness (QED) is 0.777. The summed E-state index contributed by atoms with van der Waals surface area (Å²) in [5, 5.41) is 0. The molecule has 106 valence electrons. The fraction of sp³-hybridized carbons (Fsp3) is 0.375. The summed E-state index contributed by atoms with van der Waals surface area (Å²) in [4.78, 5) is 23.9. The van der Waals surface area contributed by atoms with Crippen LogP contribution >= 0.6 is 0 Å². The van der Waals surface area contributed by atoms with Crippen LogP contribution in [-0.2, 0) is 19.1 Å². The van der Waals surface area contributed by atoms with Gasteiger partial charge in [-0.15, -0.1) is 0 Å². The summed E-state index contributed by atoms with van der Waals surface area (Å²) in [6.45, 7) is 6.02. The molecule has 1 aliphatic rings. The summed E-state index contributed by atoms with van der Waals surface area (Å²) in [7, 11) is 2.63. The predicted molar refractivity (Wildman–Crippen MR) is 75.4 cm³/mol. The number of ether oxygens (including phenoxy) is 2. The zero-order chi connectivity index (χ0) is 15.0. The summed E-state index contributed by atoms with van der Waals surface area (Å²) in [6, 6.07) is 1.95. The molecule has 4 nitrogen and oxygen atoms in total. The average molecular weight is 274 g/mol. The number of carbonyl (C=O) groups is 2. The predicted octanol–water partition coefficient (Wildman–Crippen LogP) is 2.44. The lowest BCUT2D eigenvalue weighted by Gasteiger charge is -2.16. The second kappa shape index (κ2) is 5.12. The van der Waals surface area contributed by atoms with Gasteiger partial charge in [0.05, 0.1) is 19.8 Å². The first-order valence-electron chi connectivity index (χ1n) is 6.40. The van der Waals surface area contributed by atoms with Gasteiger partial charge in [0.1, 0.15) is 5.92 Å². The van der Waals surface area contributed by atoms with Crippen LogP contribution in [0.15, 0.2) is 11.6 Å². The van der Waals surface area contributed by atoms with Crippen molar-refractivity contribution in [3.8, 4) is 0 Å². The molecule has 20 heavy (non-hydrogen) atoms. The highest BCUT2D eigenvalue weighted by Crippen LogP contribution is 2.41. The second-order valence-electron chi connectivity index (χ2n) is 4.99. The monoisotopic (exact) mass is 274 g/mol. The number of rotatable bonds is 2. The lowest BCUT2D eigenvalue weighted by Crippen LogP contribution is -2.20. The molecule has 1 unspecified atom stereocenters. The molecule has 0 amide bonds. The number of methoxy groups -OCH3 is 2. The number of hydrogen-bond donors (Lipinski definition) is 0. The van der Waals surface area contributed by atoms with Gasteiger partial charge >= 0.3 is 11.9 Å². The van der Waals surface area contributed by atoms with Gasteiger partial charge in [-0.2, -0.15) is 0 Å². The van der Waals surface area contributed by atoms with E-state index in [4.69, 9.17) is 9.47 Å². The van der Waals surface area contributed by atoms with Gasteiger partial charge in [0.2, 0.25) is 0 Å². The number of fused-ring (bicyclic) bond motifs is 1. The van der Waals surface area contributed by atoms with Crippen LogP contribution in [0.1, 0.15) is 33.7 Å². The molecule has 1 aliphatic carbocycles. The molecule has 0 heterocycles. The third-order valence-corrected chi connectivity index (χ3v) is 4.02. The Morgan fingerprint density at radius 1 is 1.05 bits per heavy atom. The second-order valence-corrected chi connectivity index (χ2v) is 4.99. The molecule has 0 fully saturated rings. The number of benzene rings is 1. The standard InChI is InChI=1S/C16H18O4/c1-8-6-12-11(10(3)9(8)2)7-13(15(17)19-4)14(12)16(18)20-5/h6-7,14H,1-5H3. The number of aryl methyl sites for hydroxylation is 1. The van der Waals surface area contributed by atoms with Crippen LogP contribution in [0.2, 0.25) is 0 Å². The first kappa shape index (κ1) is 14.3. The highest BCUT2D eigenvalue weighted by Gasteiger charge is 2.37. The molecule has 4 heteroatoms. The van der Waals surface area contributed by atoms with Gasteiger partial charge in [0.25, 0.3) is 0 Å². The first-order valence-corrected chi connectivity index (χ1v) is 6.40. The van der Waals surface area contributed by atoms with Crippen molar-refractivity contribution in [2.24, 2.45) is 0 Å². The Hall–Kier alpha value is -2.10. The van der Waals surface area contributed by atoms with Crippen molar-refractivity contribution < 1.29 is 19.1 Å². The van der Waals surface area contributed by atoms with Crippen LogP contribution in [0.4, 0.5) is 0 Å². The molecule has 0 N–H and O–H groups in total. The van der Waals surface area contributed by atoms with Crippen LogP contribution in [0.5, 0.6) is 0 Å². The Bertz CT molecular complexity index is 626. The maximum atomic E-state index is 12.0. The third-order valence-electron chi connectivity index (χ3n) is 4.02. The van der Waals surface area contributed by atoms with Gasteiger partial charge in [-0.1, -0.05) is 6.07 Å². The van der Waals surface area contributed by atoms with Crippen molar-refractivity contribution in [3.63, 3.8) is 0 Å². The van der Waals surface area contributed by atoms with Gasteiger partial charge in [-0.25, -0.2) is 4.79 Å². The van der Waals surface area contributed by atoms with E-state index in [0.29, 0.717) is 5.57 Å². The number of esters is 2. The highest BCUT2D eigenvalue weighted by atomic mass is 16.5. The highest BCUT2D eigenvalue weighted by molar-refractivity contribution is 6.06. The van der Waals surface area contributed by atoms with Gasteiger partial charge in [0, 0.05) is 0 Å². The van der Waals surface area contributed by atoms with Gasteiger partial charge in [-0.05, 0) is 54.7 Å². The minimum Gasteiger partial charge on any atom is -0.468 e. The zero-order valence-corrected chi connectivity index (χ0v) is 12.4. The molecule has 1 atom stereocenters. The van der Waals surface area contributed by atoms with Crippen molar-refractivity contribution >= 4 is 18.0 Å².